The number of nitrogens with two attached hydrogens (primary N) is 1. The van der Waals surface area contributed by atoms with Crippen LogP contribution in [0.2, 0.25) is 0 Å². The third kappa shape index (κ3) is 4.58. The molecule has 8 nitrogen and oxygen atoms in total. The van der Waals surface area contributed by atoms with Gasteiger partial charge in [0.15, 0.2) is 5.69 Å². The van der Waals surface area contributed by atoms with E-state index in [1.807, 2.05) is 6.07 Å². The van der Waals surface area contributed by atoms with Crippen LogP contribution in [0.4, 0.5) is 17.1 Å². The summed E-state index contributed by atoms with van der Waals surface area (Å²) in [4.78, 5) is 28.4. The van der Waals surface area contributed by atoms with Crippen molar-refractivity contribution in [3.8, 4) is 17.1 Å². The van der Waals surface area contributed by atoms with E-state index < -0.39 is 0 Å². The molecule has 0 aromatic carbocycles. The zero-order valence-electron chi connectivity index (χ0n) is 17.7. The van der Waals surface area contributed by atoms with Crippen LogP contribution in [-0.4, -0.2) is 41.1 Å². The van der Waals surface area contributed by atoms with Crippen LogP contribution in [-0.2, 0) is 0 Å². The first-order valence-electron chi connectivity index (χ1n) is 10.3. The van der Waals surface area contributed by atoms with E-state index in [1.54, 1.807) is 50.0 Å². The number of ether oxygens (including phenoxy) is 1. The lowest BCUT2D eigenvalue weighted by Gasteiger charge is -2.33. The van der Waals surface area contributed by atoms with Crippen molar-refractivity contribution in [2.45, 2.75) is 19.8 Å². The molecule has 4 heterocycles. The molecule has 1 amide bonds. The van der Waals surface area contributed by atoms with Gasteiger partial charge in [-0.05, 0) is 49.1 Å². The molecule has 3 aromatic rings. The maximum atomic E-state index is 13.1. The highest BCUT2D eigenvalue weighted by Gasteiger charge is 2.21. The molecule has 3 N–H and O–H groups in total. The van der Waals surface area contributed by atoms with Crippen molar-refractivity contribution in [1.29, 1.82) is 0 Å². The third-order valence-electron chi connectivity index (χ3n) is 5.42. The molecular weight excluding hydrogens is 392 g/mol. The van der Waals surface area contributed by atoms with Crippen molar-refractivity contribution in [3.63, 3.8) is 0 Å². The largest absolute Gasteiger partial charge is 0.495 e. The summed E-state index contributed by atoms with van der Waals surface area (Å²) in [7, 11) is 1.58. The Labute approximate surface area is 181 Å². The Kier molecular flexibility index (Phi) is 5.97. The zero-order chi connectivity index (χ0) is 21.8. The number of nitrogens with one attached hydrogen (secondary N) is 1. The number of aromatic nitrogens is 3. The molecule has 0 spiro atoms. The third-order valence-corrected chi connectivity index (χ3v) is 5.42. The zero-order valence-corrected chi connectivity index (χ0v) is 17.7. The molecule has 1 atom stereocenters. The van der Waals surface area contributed by atoms with Crippen LogP contribution in [0.3, 0.4) is 0 Å². The summed E-state index contributed by atoms with van der Waals surface area (Å²) in [5.41, 5.74) is 9.31. The predicted octanol–water partition coefficient (Wildman–Crippen LogP) is 3.62. The number of amides is 1. The number of piperidine rings is 1. The van der Waals surface area contributed by atoms with E-state index in [0.29, 0.717) is 34.4 Å². The number of hydrogen-bond donors (Lipinski definition) is 2. The molecule has 0 unspecified atom stereocenters. The molecule has 1 aliphatic heterocycles. The van der Waals surface area contributed by atoms with Crippen LogP contribution in [0.15, 0.2) is 48.9 Å². The van der Waals surface area contributed by atoms with Gasteiger partial charge < -0.3 is 20.7 Å². The fraction of sp³-hybridized carbons (Fsp3) is 0.304. The molecule has 1 fully saturated rings. The summed E-state index contributed by atoms with van der Waals surface area (Å²) >= 11 is 0. The van der Waals surface area contributed by atoms with Crippen LogP contribution in [0.5, 0.6) is 5.75 Å². The van der Waals surface area contributed by atoms with Gasteiger partial charge in [-0.2, -0.15) is 0 Å². The van der Waals surface area contributed by atoms with Gasteiger partial charge in [-0.1, -0.05) is 6.92 Å². The summed E-state index contributed by atoms with van der Waals surface area (Å²) in [5.74, 6) is 0.872. The minimum Gasteiger partial charge on any atom is -0.495 e. The van der Waals surface area contributed by atoms with Gasteiger partial charge in [0, 0.05) is 19.3 Å². The Morgan fingerprint density at radius 2 is 2.03 bits per heavy atom. The summed E-state index contributed by atoms with van der Waals surface area (Å²) in [6.45, 7) is 4.15. The Morgan fingerprint density at radius 1 is 1.19 bits per heavy atom. The van der Waals surface area contributed by atoms with E-state index in [-0.39, 0.29) is 11.6 Å². The Hall–Kier alpha value is -3.68. The normalized spacial score (nSPS) is 16.1. The molecule has 4 rings (SSSR count). The smallest absolute Gasteiger partial charge is 0.276 e. The van der Waals surface area contributed by atoms with Crippen molar-refractivity contribution >= 4 is 23.0 Å². The topological polar surface area (TPSA) is 106 Å². The lowest BCUT2D eigenvalue weighted by Crippen LogP contribution is -2.35. The number of methoxy groups -OCH3 is 1. The van der Waals surface area contributed by atoms with Crippen molar-refractivity contribution in [2.75, 3.05) is 36.1 Å². The number of pyridine rings is 3. The molecule has 1 saturated heterocycles. The first kappa shape index (κ1) is 20.6. The number of nitrogens with zero attached hydrogens (tertiary/aromatic N) is 4. The maximum Gasteiger partial charge on any atom is 0.276 e. The SMILES string of the molecule is COc1ccc(-c2ccc(N)c(C(=O)Nc3cnccc3N3CCC[C@H](C)C3)n2)nc1. The average molecular weight is 419 g/mol. The first-order valence-corrected chi connectivity index (χ1v) is 10.3. The maximum absolute atomic E-state index is 13.1. The van der Waals surface area contributed by atoms with Gasteiger partial charge >= 0.3 is 0 Å². The van der Waals surface area contributed by atoms with Crippen molar-refractivity contribution in [2.24, 2.45) is 5.92 Å². The highest BCUT2D eigenvalue weighted by molar-refractivity contribution is 6.07. The fourth-order valence-electron chi connectivity index (χ4n) is 3.80. The summed E-state index contributed by atoms with van der Waals surface area (Å²) in [6, 6.07) is 8.92. The summed E-state index contributed by atoms with van der Waals surface area (Å²) in [6.07, 6.45) is 7.36. The molecule has 0 radical (unpaired) electrons. The van der Waals surface area contributed by atoms with E-state index in [0.717, 1.165) is 25.2 Å². The van der Waals surface area contributed by atoms with Crippen LogP contribution in [0.1, 0.15) is 30.3 Å². The van der Waals surface area contributed by atoms with Crippen molar-refractivity contribution in [1.82, 2.24) is 15.0 Å². The van der Waals surface area contributed by atoms with E-state index in [4.69, 9.17) is 10.5 Å². The van der Waals surface area contributed by atoms with Gasteiger partial charge in [-0.3, -0.25) is 14.8 Å². The number of nitrogen functional groups attached to an aromatic ring is 1. The van der Waals surface area contributed by atoms with E-state index >= 15 is 0 Å². The molecule has 0 saturated carbocycles. The number of carbonyl (C=O) groups is 1. The molecule has 160 valence electrons. The second-order valence-electron chi connectivity index (χ2n) is 7.76. The Balaban J connectivity index is 1.59. The number of hydrogen-bond acceptors (Lipinski definition) is 7. The van der Waals surface area contributed by atoms with Gasteiger partial charge in [0.2, 0.25) is 0 Å². The monoisotopic (exact) mass is 418 g/mol. The molecule has 8 heteroatoms. The van der Waals surface area contributed by atoms with Gasteiger partial charge in [0.1, 0.15) is 5.75 Å². The molecule has 1 aliphatic rings. The predicted molar refractivity (Wildman–Crippen MR) is 121 cm³/mol. The second kappa shape index (κ2) is 8.99. The quantitative estimate of drug-likeness (QED) is 0.652. The highest BCUT2D eigenvalue weighted by atomic mass is 16.5. The van der Waals surface area contributed by atoms with E-state index in [9.17, 15) is 4.79 Å². The van der Waals surface area contributed by atoms with Crippen LogP contribution >= 0.6 is 0 Å². The van der Waals surface area contributed by atoms with Crippen LogP contribution in [0, 0.1) is 5.92 Å². The fourth-order valence-corrected chi connectivity index (χ4v) is 3.80. The number of rotatable bonds is 5. The van der Waals surface area contributed by atoms with Crippen LogP contribution < -0.4 is 20.7 Å². The van der Waals surface area contributed by atoms with Gasteiger partial charge in [-0.15, -0.1) is 0 Å². The number of anilines is 3. The van der Waals surface area contributed by atoms with Gasteiger partial charge in [0.05, 0.1) is 48.0 Å². The molecule has 0 bridgehead atoms. The number of carbonyl (C=O) groups excluding carboxylic acids is 1. The van der Waals surface area contributed by atoms with Crippen molar-refractivity contribution in [3.05, 3.63) is 54.6 Å². The molecular formula is C23H26N6O2. The van der Waals surface area contributed by atoms with Crippen LogP contribution in [0.25, 0.3) is 11.4 Å². The first-order chi connectivity index (χ1) is 15.0. The molecule has 3 aromatic heterocycles. The molecule has 0 aliphatic carbocycles. The van der Waals surface area contributed by atoms with E-state index in [1.165, 1.54) is 6.42 Å². The summed E-state index contributed by atoms with van der Waals surface area (Å²) < 4.78 is 5.14. The summed E-state index contributed by atoms with van der Waals surface area (Å²) in [5, 5.41) is 2.95. The standard InChI is InChI=1S/C23H26N6O2/c1-15-4-3-11-29(14-15)21-9-10-25-13-20(21)28-23(30)22-17(24)6-8-19(27-22)18-7-5-16(31-2)12-26-18/h5-10,12-13,15H,3-4,11,14,24H2,1-2H3,(H,28,30)/t15-/m0/s1. The molecule has 31 heavy (non-hydrogen) atoms. The average Bonchev–Trinajstić information content (AvgIpc) is 2.80. The van der Waals surface area contributed by atoms with E-state index in [2.05, 4.69) is 32.1 Å². The minimum atomic E-state index is -0.382. The lowest BCUT2D eigenvalue weighted by atomic mass is 10.00. The second-order valence-corrected chi connectivity index (χ2v) is 7.76. The minimum absolute atomic E-state index is 0.150. The van der Waals surface area contributed by atoms with Gasteiger partial charge in [-0.25, -0.2) is 4.98 Å². The lowest BCUT2D eigenvalue weighted by molar-refractivity contribution is 0.102. The highest BCUT2D eigenvalue weighted by Crippen LogP contribution is 2.30. The van der Waals surface area contributed by atoms with Gasteiger partial charge in [0.25, 0.3) is 5.91 Å². The Bertz CT molecular complexity index is 1070. The Morgan fingerprint density at radius 3 is 2.77 bits per heavy atom. The van der Waals surface area contributed by atoms with Crippen molar-refractivity contribution < 1.29 is 9.53 Å².